The minimum absolute atomic E-state index is 0.0101. The van der Waals surface area contributed by atoms with E-state index < -0.39 is 17.2 Å². The van der Waals surface area contributed by atoms with Gasteiger partial charge in [-0.3, -0.25) is 9.35 Å². The fourth-order valence-corrected chi connectivity index (χ4v) is 3.12. The van der Waals surface area contributed by atoms with E-state index in [1.54, 1.807) is 11.0 Å². The van der Waals surface area contributed by atoms with Crippen molar-refractivity contribution in [3.63, 3.8) is 0 Å². The number of carboxylic acids is 1. The van der Waals surface area contributed by atoms with Crippen LogP contribution in [0.3, 0.4) is 0 Å². The Bertz CT molecular complexity index is 560. The van der Waals surface area contributed by atoms with E-state index in [4.69, 9.17) is 4.55 Å². The summed E-state index contributed by atoms with van der Waals surface area (Å²) in [4.78, 5) is 24.3. The van der Waals surface area contributed by atoms with Crippen molar-refractivity contribution in [3.8, 4) is 0 Å². The van der Waals surface area contributed by atoms with Gasteiger partial charge in [-0.2, -0.15) is 0 Å². The Morgan fingerprint density at radius 2 is 1.95 bits per heavy atom. The SMILES string of the molecule is CC(=O)N1CCC(c2ccn(S(=O)O)c2C(=O)O)CC1. The van der Waals surface area contributed by atoms with Gasteiger partial charge in [0.05, 0.1) is 0 Å². The zero-order valence-corrected chi connectivity index (χ0v) is 11.8. The Kier molecular flexibility index (Phi) is 4.24. The van der Waals surface area contributed by atoms with E-state index in [2.05, 4.69) is 0 Å². The lowest BCUT2D eigenvalue weighted by molar-refractivity contribution is -0.129. The zero-order valence-electron chi connectivity index (χ0n) is 11.0. The van der Waals surface area contributed by atoms with E-state index in [9.17, 15) is 18.9 Å². The maximum absolute atomic E-state index is 11.3. The van der Waals surface area contributed by atoms with Crippen molar-refractivity contribution in [2.24, 2.45) is 0 Å². The van der Waals surface area contributed by atoms with Crippen LogP contribution in [0, 0.1) is 0 Å². The number of amides is 1. The molecule has 2 N–H and O–H groups in total. The number of carbonyl (C=O) groups is 2. The lowest BCUT2D eigenvalue weighted by Gasteiger charge is -2.31. The second-order valence-electron chi connectivity index (χ2n) is 4.76. The van der Waals surface area contributed by atoms with Gasteiger partial charge < -0.3 is 10.0 Å². The molecule has 0 spiro atoms. The fraction of sp³-hybridized carbons (Fsp3) is 0.500. The number of rotatable bonds is 3. The van der Waals surface area contributed by atoms with Crippen LogP contribution in [0.15, 0.2) is 12.3 Å². The largest absolute Gasteiger partial charge is 0.477 e. The molecule has 8 heteroatoms. The van der Waals surface area contributed by atoms with Crippen LogP contribution in [0.5, 0.6) is 0 Å². The summed E-state index contributed by atoms with van der Waals surface area (Å²) in [5.74, 6) is -1.22. The van der Waals surface area contributed by atoms with Gasteiger partial charge in [0.25, 0.3) is 11.3 Å². The highest BCUT2D eigenvalue weighted by Crippen LogP contribution is 2.31. The first-order valence-electron chi connectivity index (χ1n) is 6.23. The van der Waals surface area contributed by atoms with Crippen LogP contribution < -0.4 is 0 Å². The molecule has 0 bridgehead atoms. The maximum atomic E-state index is 11.3. The highest BCUT2D eigenvalue weighted by molar-refractivity contribution is 7.77. The molecule has 2 heterocycles. The summed E-state index contributed by atoms with van der Waals surface area (Å²) in [7, 11) is 0. The molecular formula is C12H16N2O5S. The van der Waals surface area contributed by atoms with Gasteiger partial charge in [-0.15, -0.1) is 0 Å². The molecule has 0 radical (unpaired) electrons. The topological polar surface area (TPSA) is 99.8 Å². The van der Waals surface area contributed by atoms with Crippen molar-refractivity contribution >= 4 is 23.1 Å². The normalized spacial score (nSPS) is 18.0. The monoisotopic (exact) mass is 300 g/mol. The van der Waals surface area contributed by atoms with Gasteiger partial charge in [0.1, 0.15) is 5.69 Å². The first-order valence-corrected chi connectivity index (χ1v) is 7.29. The highest BCUT2D eigenvalue weighted by Gasteiger charge is 2.28. The maximum Gasteiger partial charge on any atom is 0.353 e. The lowest BCUT2D eigenvalue weighted by Crippen LogP contribution is -2.36. The average molecular weight is 300 g/mol. The van der Waals surface area contributed by atoms with Crippen LogP contribution in [0.2, 0.25) is 0 Å². The molecule has 1 aliphatic heterocycles. The quantitative estimate of drug-likeness (QED) is 0.808. The second kappa shape index (κ2) is 5.76. The van der Waals surface area contributed by atoms with Crippen molar-refractivity contribution in [1.29, 1.82) is 0 Å². The zero-order chi connectivity index (χ0) is 14.9. The molecule has 1 amide bonds. The van der Waals surface area contributed by atoms with Crippen LogP contribution in [-0.4, -0.2) is 47.7 Å². The van der Waals surface area contributed by atoms with Gasteiger partial charge in [0, 0.05) is 26.2 Å². The summed E-state index contributed by atoms with van der Waals surface area (Å²) in [6, 6.07) is 1.58. The smallest absolute Gasteiger partial charge is 0.353 e. The minimum atomic E-state index is -2.39. The summed E-state index contributed by atoms with van der Waals surface area (Å²) >= 11 is -2.39. The van der Waals surface area contributed by atoms with Gasteiger partial charge in [-0.1, -0.05) is 0 Å². The van der Waals surface area contributed by atoms with E-state index in [0.717, 1.165) is 3.97 Å². The molecule has 0 aliphatic carbocycles. The van der Waals surface area contributed by atoms with Gasteiger partial charge in [-0.25, -0.2) is 13.0 Å². The minimum Gasteiger partial charge on any atom is -0.477 e. The molecule has 0 aromatic carbocycles. The molecular weight excluding hydrogens is 284 g/mol. The van der Waals surface area contributed by atoms with Crippen LogP contribution in [0.4, 0.5) is 0 Å². The molecule has 1 unspecified atom stereocenters. The molecule has 1 atom stereocenters. The van der Waals surface area contributed by atoms with Gasteiger partial charge in [-0.05, 0) is 30.4 Å². The number of carbonyl (C=O) groups excluding carboxylic acids is 1. The lowest BCUT2D eigenvalue weighted by atomic mass is 9.89. The van der Waals surface area contributed by atoms with E-state index >= 15 is 0 Å². The Morgan fingerprint density at radius 1 is 1.35 bits per heavy atom. The predicted octanol–water partition coefficient (Wildman–Crippen LogP) is 0.897. The van der Waals surface area contributed by atoms with Crippen LogP contribution >= 0.6 is 0 Å². The standard InChI is InChI=1S/C12H16N2O5S/c1-8(15)13-5-2-9(3-6-13)10-4-7-14(20(18)19)11(10)12(16)17/h4,7,9H,2-3,5-6H2,1H3,(H,16,17)(H,18,19). The number of aromatic carboxylic acids is 1. The third kappa shape index (κ3) is 2.75. The summed E-state index contributed by atoms with van der Waals surface area (Å²) in [5, 5.41) is 9.22. The van der Waals surface area contributed by atoms with Crippen molar-refractivity contribution in [2.75, 3.05) is 13.1 Å². The third-order valence-corrected chi connectivity index (χ3v) is 4.28. The Hall–Kier alpha value is -1.67. The van der Waals surface area contributed by atoms with Gasteiger partial charge in [0.15, 0.2) is 0 Å². The van der Waals surface area contributed by atoms with E-state index in [1.807, 2.05) is 0 Å². The summed E-state index contributed by atoms with van der Waals surface area (Å²) in [5.41, 5.74) is 0.412. The van der Waals surface area contributed by atoms with Crippen molar-refractivity contribution in [2.45, 2.75) is 25.7 Å². The Labute approximate surface area is 118 Å². The first-order chi connectivity index (χ1) is 9.41. The number of likely N-dealkylation sites (tertiary alicyclic amines) is 1. The van der Waals surface area contributed by atoms with Crippen molar-refractivity contribution in [1.82, 2.24) is 8.87 Å². The Morgan fingerprint density at radius 3 is 2.40 bits per heavy atom. The van der Waals surface area contributed by atoms with Gasteiger partial charge >= 0.3 is 5.97 Å². The molecule has 1 aromatic heterocycles. The fourth-order valence-electron chi connectivity index (χ4n) is 2.61. The number of hydrogen-bond donors (Lipinski definition) is 2. The van der Waals surface area contributed by atoms with Crippen molar-refractivity contribution in [3.05, 3.63) is 23.5 Å². The first kappa shape index (κ1) is 14.7. The third-order valence-electron chi connectivity index (χ3n) is 3.63. The van der Waals surface area contributed by atoms with Gasteiger partial charge in [0.2, 0.25) is 5.91 Å². The molecule has 1 aromatic rings. The van der Waals surface area contributed by atoms with Crippen LogP contribution in [-0.2, 0) is 16.1 Å². The number of aromatic nitrogens is 1. The Balaban J connectivity index is 2.24. The number of nitrogens with zero attached hydrogens (tertiary/aromatic N) is 2. The summed E-state index contributed by atoms with van der Waals surface area (Å²) < 4.78 is 21.1. The van der Waals surface area contributed by atoms with Crippen molar-refractivity contribution < 1.29 is 23.5 Å². The molecule has 7 nitrogen and oxygen atoms in total. The molecule has 0 saturated carbocycles. The average Bonchev–Trinajstić information content (AvgIpc) is 2.83. The predicted molar refractivity (Wildman–Crippen MR) is 71.8 cm³/mol. The molecule has 1 fully saturated rings. The van der Waals surface area contributed by atoms with E-state index in [0.29, 0.717) is 31.5 Å². The number of carboxylic acid groups (broad SMARTS) is 1. The molecule has 110 valence electrons. The van der Waals surface area contributed by atoms with E-state index in [-0.39, 0.29) is 17.5 Å². The van der Waals surface area contributed by atoms with E-state index in [1.165, 1.54) is 13.1 Å². The second-order valence-corrected chi connectivity index (χ2v) is 5.62. The molecule has 1 saturated heterocycles. The molecule has 1 aliphatic rings. The van der Waals surface area contributed by atoms with Crippen LogP contribution in [0.1, 0.15) is 41.7 Å². The summed E-state index contributed by atoms with van der Waals surface area (Å²) in [6.45, 7) is 2.66. The summed E-state index contributed by atoms with van der Waals surface area (Å²) in [6.07, 6.45) is 2.62. The highest BCUT2D eigenvalue weighted by atomic mass is 32.2. The number of piperidine rings is 1. The molecule has 2 rings (SSSR count). The molecule has 20 heavy (non-hydrogen) atoms. The van der Waals surface area contributed by atoms with Crippen LogP contribution in [0.25, 0.3) is 0 Å². The number of hydrogen-bond acceptors (Lipinski definition) is 3.